The van der Waals surface area contributed by atoms with Gasteiger partial charge in [0.2, 0.25) is 18.2 Å². The van der Waals surface area contributed by atoms with Crippen molar-refractivity contribution in [2.75, 3.05) is 19.8 Å². The number of hydrazine groups is 1. The summed E-state index contributed by atoms with van der Waals surface area (Å²) in [5, 5.41) is 9.76. The highest BCUT2D eigenvalue weighted by Crippen LogP contribution is 1.97. The lowest BCUT2D eigenvalue weighted by atomic mass is 10.7. The van der Waals surface area contributed by atoms with E-state index in [1.165, 1.54) is 0 Å². The van der Waals surface area contributed by atoms with E-state index in [0.717, 1.165) is 0 Å². The number of nitrogens with zero attached hydrogens (tertiary/aromatic N) is 3. The number of nitrogens with two attached hydrogens (primary N) is 2. The van der Waals surface area contributed by atoms with E-state index in [1.54, 1.807) is 0 Å². The van der Waals surface area contributed by atoms with Crippen molar-refractivity contribution in [2.45, 2.75) is 13.2 Å². The van der Waals surface area contributed by atoms with Crippen molar-refractivity contribution in [1.29, 1.82) is 0 Å². The first-order valence-electron chi connectivity index (χ1n) is 4.87. The van der Waals surface area contributed by atoms with E-state index in [-0.39, 0.29) is 11.9 Å². The van der Waals surface area contributed by atoms with Gasteiger partial charge in [-0.25, -0.2) is 10.4 Å². The molecule has 0 radical (unpaired) electrons. The van der Waals surface area contributed by atoms with E-state index < -0.39 is 6.29 Å². The summed E-state index contributed by atoms with van der Waals surface area (Å²) >= 11 is 0. The summed E-state index contributed by atoms with van der Waals surface area (Å²) in [6.45, 7) is 3.73. The SMILES string of the molecule is CCOCCNNC1=NC(N)N(O)C(N)=N1. The number of hydrogen-bond donors (Lipinski definition) is 5. The van der Waals surface area contributed by atoms with Gasteiger partial charge in [0, 0.05) is 13.2 Å². The normalized spacial score (nSPS) is 20.4. The third kappa shape index (κ3) is 3.62. The van der Waals surface area contributed by atoms with Crippen LogP contribution in [0.25, 0.3) is 0 Å². The van der Waals surface area contributed by atoms with Crippen molar-refractivity contribution < 1.29 is 9.94 Å². The molecule has 0 amide bonds. The van der Waals surface area contributed by atoms with Gasteiger partial charge in [-0.15, -0.1) is 0 Å². The molecule has 0 aromatic rings. The molecule has 1 aliphatic heterocycles. The second kappa shape index (κ2) is 6.23. The first kappa shape index (κ1) is 12.6. The molecule has 92 valence electrons. The van der Waals surface area contributed by atoms with E-state index >= 15 is 0 Å². The van der Waals surface area contributed by atoms with E-state index in [9.17, 15) is 5.21 Å². The molecular formula is C7H17N7O2. The predicted molar refractivity (Wildman–Crippen MR) is 58.3 cm³/mol. The second-order valence-electron chi connectivity index (χ2n) is 2.93. The zero-order valence-corrected chi connectivity index (χ0v) is 9.05. The molecule has 1 aliphatic rings. The molecule has 0 spiro atoms. The largest absolute Gasteiger partial charge is 0.380 e. The van der Waals surface area contributed by atoms with Crippen molar-refractivity contribution >= 4 is 11.9 Å². The van der Waals surface area contributed by atoms with Crippen molar-refractivity contribution in [1.82, 2.24) is 15.9 Å². The van der Waals surface area contributed by atoms with Crippen LogP contribution in [-0.4, -0.2) is 48.2 Å². The topological polar surface area (TPSA) is 134 Å². The second-order valence-corrected chi connectivity index (χ2v) is 2.93. The van der Waals surface area contributed by atoms with Crippen molar-refractivity contribution in [3.05, 3.63) is 0 Å². The molecule has 0 bridgehead atoms. The Hall–Kier alpha value is -1.42. The van der Waals surface area contributed by atoms with E-state index in [1.807, 2.05) is 6.92 Å². The number of nitrogens with one attached hydrogen (secondary N) is 2. The molecule has 0 aromatic heterocycles. The van der Waals surface area contributed by atoms with Gasteiger partial charge in [-0.2, -0.15) is 10.1 Å². The van der Waals surface area contributed by atoms with Gasteiger partial charge in [-0.1, -0.05) is 0 Å². The van der Waals surface area contributed by atoms with Crippen molar-refractivity contribution in [2.24, 2.45) is 21.5 Å². The summed E-state index contributed by atoms with van der Waals surface area (Å²) in [4.78, 5) is 7.58. The minimum Gasteiger partial charge on any atom is -0.380 e. The van der Waals surface area contributed by atoms with Crippen LogP contribution in [0.4, 0.5) is 0 Å². The molecule has 0 fully saturated rings. The molecule has 0 saturated heterocycles. The molecule has 0 aliphatic carbocycles. The Kier molecular flexibility index (Phi) is 4.92. The molecule has 7 N–H and O–H groups in total. The summed E-state index contributed by atoms with van der Waals surface area (Å²) in [5.74, 6) is 0.100. The van der Waals surface area contributed by atoms with Crippen LogP contribution in [0.3, 0.4) is 0 Å². The van der Waals surface area contributed by atoms with Crippen LogP contribution in [-0.2, 0) is 4.74 Å². The number of ether oxygens (including phenoxy) is 1. The van der Waals surface area contributed by atoms with Crippen LogP contribution in [0.2, 0.25) is 0 Å². The Morgan fingerprint density at radius 1 is 1.62 bits per heavy atom. The van der Waals surface area contributed by atoms with Gasteiger partial charge in [0.1, 0.15) is 0 Å². The summed E-state index contributed by atoms with van der Waals surface area (Å²) in [7, 11) is 0. The Bertz CT molecular complexity index is 280. The van der Waals surface area contributed by atoms with E-state index in [4.69, 9.17) is 16.2 Å². The highest BCUT2D eigenvalue weighted by Gasteiger charge is 2.19. The summed E-state index contributed by atoms with van der Waals surface area (Å²) in [6.07, 6.45) is -0.950. The van der Waals surface area contributed by atoms with Gasteiger partial charge in [-0.3, -0.25) is 16.4 Å². The fourth-order valence-electron chi connectivity index (χ4n) is 0.973. The van der Waals surface area contributed by atoms with Crippen LogP contribution in [0.1, 0.15) is 6.92 Å². The average Bonchev–Trinajstić information content (AvgIpc) is 2.25. The van der Waals surface area contributed by atoms with E-state index in [0.29, 0.717) is 24.8 Å². The number of aliphatic imine (C=N–C) groups is 2. The fraction of sp³-hybridized carbons (Fsp3) is 0.714. The Labute approximate surface area is 93.1 Å². The first-order valence-corrected chi connectivity index (χ1v) is 4.87. The molecular weight excluding hydrogens is 214 g/mol. The summed E-state index contributed by atoms with van der Waals surface area (Å²) in [6, 6.07) is 0. The molecule has 16 heavy (non-hydrogen) atoms. The summed E-state index contributed by atoms with van der Waals surface area (Å²) < 4.78 is 5.11. The van der Waals surface area contributed by atoms with E-state index in [2.05, 4.69) is 20.8 Å². The highest BCUT2D eigenvalue weighted by atomic mass is 16.5. The predicted octanol–water partition coefficient (Wildman–Crippen LogP) is -2.27. The Morgan fingerprint density at radius 3 is 3.00 bits per heavy atom. The zero-order chi connectivity index (χ0) is 12.0. The average molecular weight is 231 g/mol. The maximum absolute atomic E-state index is 9.18. The monoisotopic (exact) mass is 231 g/mol. The molecule has 1 heterocycles. The summed E-state index contributed by atoms with van der Waals surface area (Å²) in [5.41, 5.74) is 16.3. The van der Waals surface area contributed by atoms with Gasteiger partial charge >= 0.3 is 0 Å². The lowest BCUT2D eigenvalue weighted by molar-refractivity contribution is -0.0521. The Balaban J connectivity index is 2.30. The molecule has 1 unspecified atom stereocenters. The smallest absolute Gasteiger partial charge is 0.239 e. The minimum atomic E-state index is -0.950. The van der Waals surface area contributed by atoms with Crippen molar-refractivity contribution in [3.63, 3.8) is 0 Å². The van der Waals surface area contributed by atoms with Crippen LogP contribution in [0.15, 0.2) is 9.98 Å². The fourth-order valence-corrected chi connectivity index (χ4v) is 0.973. The zero-order valence-electron chi connectivity index (χ0n) is 9.05. The maximum Gasteiger partial charge on any atom is 0.239 e. The third-order valence-electron chi connectivity index (χ3n) is 1.74. The molecule has 0 aromatic carbocycles. The van der Waals surface area contributed by atoms with Gasteiger partial charge in [-0.05, 0) is 6.92 Å². The first-order chi connectivity index (χ1) is 7.65. The molecule has 9 heteroatoms. The number of hydrogen-bond acceptors (Lipinski definition) is 9. The van der Waals surface area contributed by atoms with Gasteiger partial charge in [0.25, 0.3) is 0 Å². The quantitative estimate of drug-likeness (QED) is 0.266. The highest BCUT2D eigenvalue weighted by molar-refractivity contribution is 5.95. The standard InChI is InChI=1S/C7H17N7O2/c1-2-16-4-3-10-13-7-11-5(8)14(15)6(9)12-7/h5,10,15H,2-4,8H2,1H3,(H3,9,11,12,13). The number of rotatable bonds is 5. The van der Waals surface area contributed by atoms with Crippen LogP contribution in [0.5, 0.6) is 0 Å². The molecule has 1 atom stereocenters. The van der Waals surface area contributed by atoms with Gasteiger partial charge < -0.3 is 10.5 Å². The molecule has 1 rings (SSSR count). The third-order valence-corrected chi connectivity index (χ3v) is 1.74. The number of hydroxylamine groups is 2. The lowest BCUT2D eigenvalue weighted by Gasteiger charge is -2.24. The minimum absolute atomic E-state index is 0.114. The van der Waals surface area contributed by atoms with Crippen molar-refractivity contribution in [3.8, 4) is 0 Å². The molecule has 9 nitrogen and oxygen atoms in total. The van der Waals surface area contributed by atoms with Gasteiger partial charge in [0.05, 0.1) is 6.61 Å². The Morgan fingerprint density at radius 2 is 2.38 bits per heavy atom. The van der Waals surface area contributed by atoms with Crippen LogP contribution in [0, 0.1) is 0 Å². The number of guanidine groups is 2. The molecule has 0 saturated carbocycles. The van der Waals surface area contributed by atoms with Gasteiger partial charge in [0.15, 0.2) is 0 Å². The lowest BCUT2D eigenvalue weighted by Crippen LogP contribution is -2.52. The van der Waals surface area contributed by atoms with Crippen LogP contribution >= 0.6 is 0 Å². The van der Waals surface area contributed by atoms with Crippen LogP contribution < -0.4 is 22.3 Å². The maximum atomic E-state index is 9.18.